The SMILES string of the molecule is Cc1ccc(C2=C[C@@H](c3ccccc3Cl)n3nc(N4C(=O)CCC4=O)nc3N2)cc1. The van der Waals surface area contributed by atoms with Gasteiger partial charge in [-0.2, -0.15) is 4.98 Å². The average molecular weight is 420 g/mol. The Hall–Kier alpha value is -3.45. The molecule has 7 nitrogen and oxygen atoms in total. The van der Waals surface area contributed by atoms with E-state index in [4.69, 9.17) is 11.6 Å². The number of anilines is 2. The number of imide groups is 1. The van der Waals surface area contributed by atoms with E-state index in [1.807, 2.05) is 61.5 Å². The summed E-state index contributed by atoms with van der Waals surface area (Å²) in [6, 6.07) is 15.3. The molecule has 8 heteroatoms. The number of fused-ring (bicyclic) bond motifs is 1. The van der Waals surface area contributed by atoms with Gasteiger partial charge in [0.1, 0.15) is 6.04 Å². The number of nitrogens with zero attached hydrogens (tertiary/aromatic N) is 4. The van der Waals surface area contributed by atoms with Crippen molar-refractivity contribution in [3.63, 3.8) is 0 Å². The highest BCUT2D eigenvalue weighted by Crippen LogP contribution is 2.36. The minimum Gasteiger partial charge on any atom is -0.324 e. The molecule has 150 valence electrons. The van der Waals surface area contributed by atoms with Crippen LogP contribution >= 0.6 is 11.6 Å². The lowest BCUT2D eigenvalue weighted by atomic mass is 10.0. The van der Waals surface area contributed by atoms with Crippen LogP contribution in [0.4, 0.5) is 11.9 Å². The summed E-state index contributed by atoms with van der Waals surface area (Å²) in [6.45, 7) is 2.03. The van der Waals surface area contributed by atoms with Crippen LogP contribution in [0.3, 0.4) is 0 Å². The Kier molecular flexibility index (Phi) is 4.40. The van der Waals surface area contributed by atoms with Crippen molar-refractivity contribution in [1.29, 1.82) is 0 Å². The summed E-state index contributed by atoms with van der Waals surface area (Å²) < 4.78 is 1.66. The van der Waals surface area contributed by atoms with Crippen LogP contribution in [-0.2, 0) is 9.59 Å². The molecule has 2 amide bonds. The minimum absolute atomic E-state index is 0.0839. The van der Waals surface area contributed by atoms with E-state index >= 15 is 0 Å². The summed E-state index contributed by atoms with van der Waals surface area (Å²) in [4.78, 5) is 29.9. The molecule has 30 heavy (non-hydrogen) atoms. The number of halogens is 1. The van der Waals surface area contributed by atoms with E-state index < -0.39 is 0 Å². The number of rotatable bonds is 3. The summed E-state index contributed by atoms with van der Waals surface area (Å²) >= 11 is 6.49. The maximum absolute atomic E-state index is 12.2. The molecule has 0 spiro atoms. The standard InChI is InChI=1S/C22H18ClN5O2/c1-13-6-8-14(9-7-13)17-12-18(15-4-2-3-5-16(15)23)28-21(24-17)25-22(26-28)27-19(29)10-11-20(27)30/h2-9,12,18H,10-11H2,1H3,(H,24,25,26)/t18-/m0/s1. The summed E-state index contributed by atoms with van der Waals surface area (Å²) in [7, 11) is 0. The van der Waals surface area contributed by atoms with Gasteiger partial charge in [-0.15, -0.1) is 5.10 Å². The lowest BCUT2D eigenvalue weighted by Gasteiger charge is -2.25. The predicted octanol–water partition coefficient (Wildman–Crippen LogP) is 3.95. The van der Waals surface area contributed by atoms with E-state index in [1.54, 1.807) is 4.68 Å². The van der Waals surface area contributed by atoms with E-state index in [0.717, 1.165) is 27.3 Å². The molecule has 3 heterocycles. The highest BCUT2D eigenvalue weighted by atomic mass is 35.5. The summed E-state index contributed by atoms with van der Waals surface area (Å²) in [5.41, 5.74) is 3.85. The van der Waals surface area contributed by atoms with E-state index in [9.17, 15) is 9.59 Å². The lowest BCUT2D eigenvalue weighted by Crippen LogP contribution is -2.29. The van der Waals surface area contributed by atoms with Gasteiger partial charge in [0.25, 0.3) is 5.95 Å². The Bertz CT molecular complexity index is 1180. The normalized spacial score (nSPS) is 18.3. The third kappa shape index (κ3) is 3.07. The summed E-state index contributed by atoms with van der Waals surface area (Å²) in [5, 5.41) is 8.38. The lowest BCUT2D eigenvalue weighted by molar-refractivity contribution is -0.121. The molecule has 5 rings (SSSR count). The fourth-order valence-corrected chi connectivity index (χ4v) is 3.96. The van der Waals surface area contributed by atoms with Gasteiger partial charge in [-0.05, 0) is 30.2 Å². The molecule has 2 aliphatic heterocycles. The van der Waals surface area contributed by atoms with Crippen LogP contribution < -0.4 is 10.2 Å². The van der Waals surface area contributed by atoms with Gasteiger partial charge in [-0.1, -0.05) is 59.6 Å². The quantitative estimate of drug-likeness (QED) is 0.650. The van der Waals surface area contributed by atoms with Gasteiger partial charge < -0.3 is 5.32 Å². The maximum atomic E-state index is 12.2. The Morgan fingerprint density at radius 1 is 1.03 bits per heavy atom. The third-order valence-electron chi connectivity index (χ3n) is 5.29. The van der Waals surface area contributed by atoms with Gasteiger partial charge in [0.2, 0.25) is 17.8 Å². The fraction of sp³-hybridized carbons (Fsp3) is 0.182. The molecule has 1 saturated heterocycles. The first-order valence-corrected chi connectivity index (χ1v) is 10.0. The summed E-state index contributed by atoms with van der Waals surface area (Å²) in [6.07, 6.45) is 2.37. The average Bonchev–Trinajstić information content (AvgIpc) is 3.30. The molecule has 2 aromatic carbocycles. The van der Waals surface area contributed by atoms with Crippen LogP contribution in [0.2, 0.25) is 5.02 Å². The number of carbonyl (C=O) groups is 2. The first-order valence-electron chi connectivity index (χ1n) is 9.64. The third-order valence-corrected chi connectivity index (χ3v) is 5.64. The number of hydrogen-bond acceptors (Lipinski definition) is 5. The Labute approximate surface area is 178 Å². The number of aryl methyl sites for hydroxylation is 1. The molecule has 1 fully saturated rings. The van der Waals surface area contributed by atoms with Crippen LogP contribution in [0, 0.1) is 6.92 Å². The predicted molar refractivity (Wildman–Crippen MR) is 114 cm³/mol. The molecule has 0 bridgehead atoms. The largest absolute Gasteiger partial charge is 0.324 e. The van der Waals surface area contributed by atoms with Crippen LogP contribution in [0.25, 0.3) is 5.70 Å². The fourth-order valence-electron chi connectivity index (χ4n) is 3.71. The summed E-state index contributed by atoms with van der Waals surface area (Å²) in [5.74, 6) is -0.0472. The molecule has 3 aromatic rings. The first kappa shape index (κ1) is 18.6. The first-order chi connectivity index (χ1) is 14.5. The Morgan fingerprint density at radius 3 is 2.43 bits per heavy atom. The number of amides is 2. The van der Waals surface area contributed by atoms with E-state index in [0.29, 0.717) is 11.0 Å². The molecule has 1 aromatic heterocycles. The van der Waals surface area contributed by atoms with Crippen molar-refractivity contribution >= 4 is 41.0 Å². The van der Waals surface area contributed by atoms with Crippen LogP contribution in [0.1, 0.15) is 35.6 Å². The monoisotopic (exact) mass is 419 g/mol. The van der Waals surface area contributed by atoms with E-state index in [-0.39, 0.29) is 36.6 Å². The Morgan fingerprint density at radius 2 is 1.73 bits per heavy atom. The van der Waals surface area contributed by atoms with Crippen molar-refractivity contribution in [2.75, 3.05) is 10.2 Å². The van der Waals surface area contributed by atoms with Crippen molar-refractivity contribution < 1.29 is 9.59 Å². The zero-order chi connectivity index (χ0) is 20.8. The molecule has 2 aliphatic rings. The van der Waals surface area contributed by atoms with Crippen molar-refractivity contribution in [3.05, 3.63) is 76.3 Å². The second kappa shape index (κ2) is 7.11. The Balaban J connectivity index is 1.63. The number of nitrogens with one attached hydrogen (secondary N) is 1. The van der Waals surface area contributed by atoms with Gasteiger partial charge in [0, 0.05) is 23.6 Å². The molecule has 1 N–H and O–H groups in total. The van der Waals surface area contributed by atoms with Crippen LogP contribution in [-0.4, -0.2) is 26.6 Å². The van der Waals surface area contributed by atoms with Gasteiger partial charge in [-0.25, -0.2) is 9.58 Å². The topological polar surface area (TPSA) is 80.1 Å². The molecule has 0 aliphatic carbocycles. The van der Waals surface area contributed by atoms with Gasteiger partial charge in [0.05, 0.1) is 0 Å². The molecular formula is C22H18ClN5O2. The number of aromatic nitrogens is 3. The maximum Gasteiger partial charge on any atom is 0.260 e. The number of hydrogen-bond donors (Lipinski definition) is 1. The molecule has 0 saturated carbocycles. The van der Waals surface area contributed by atoms with Gasteiger partial charge >= 0.3 is 0 Å². The number of carbonyl (C=O) groups excluding carboxylic acids is 2. The zero-order valence-corrected chi connectivity index (χ0v) is 16.9. The number of benzene rings is 2. The van der Waals surface area contributed by atoms with Crippen LogP contribution in [0.5, 0.6) is 0 Å². The highest BCUT2D eigenvalue weighted by Gasteiger charge is 2.36. The van der Waals surface area contributed by atoms with Crippen molar-refractivity contribution in [3.8, 4) is 0 Å². The van der Waals surface area contributed by atoms with Crippen molar-refractivity contribution in [2.24, 2.45) is 0 Å². The minimum atomic E-state index is -0.347. The highest BCUT2D eigenvalue weighted by molar-refractivity contribution is 6.31. The van der Waals surface area contributed by atoms with E-state index in [2.05, 4.69) is 15.4 Å². The van der Waals surface area contributed by atoms with Crippen molar-refractivity contribution in [1.82, 2.24) is 14.8 Å². The smallest absolute Gasteiger partial charge is 0.260 e. The van der Waals surface area contributed by atoms with Gasteiger partial charge in [-0.3, -0.25) is 9.59 Å². The van der Waals surface area contributed by atoms with Crippen LogP contribution in [0.15, 0.2) is 54.6 Å². The molecule has 0 unspecified atom stereocenters. The number of allylic oxidation sites excluding steroid dienone is 1. The second-order valence-electron chi connectivity index (χ2n) is 7.34. The van der Waals surface area contributed by atoms with Crippen molar-refractivity contribution in [2.45, 2.75) is 25.8 Å². The molecular weight excluding hydrogens is 402 g/mol. The molecule has 0 radical (unpaired) electrons. The van der Waals surface area contributed by atoms with Gasteiger partial charge in [0.15, 0.2) is 0 Å². The second-order valence-corrected chi connectivity index (χ2v) is 7.75. The molecule has 1 atom stereocenters. The zero-order valence-electron chi connectivity index (χ0n) is 16.2. The van der Waals surface area contributed by atoms with E-state index in [1.165, 1.54) is 0 Å².